The molecule has 1 saturated heterocycles. The molecule has 0 amide bonds. The number of morpholine rings is 1. The normalized spacial score (nSPS) is 22.0. The van der Waals surface area contributed by atoms with Crippen molar-refractivity contribution in [2.45, 2.75) is 51.7 Å². The van der Waals surface area contributed by atoms with Gasteiger partial charge in [0, 0.05) is 44.2 Å². The van der Waals surface area contributed by atoms with Crippen molar-refractivity contribution in [1.29, 1.82) is 0 Å². The molecule has 0 spiro atoms. The lowest BCUT2D eigenvalue weighted by atomic mass is 9.94. The average Bonchev–Trinajstić information content (AvgIpc) is 2.65. The number of hydrogen-bond donors (Lipinski definition) is 2. The number of nitrogens with one attached hydrogen (secondary N) is 2. The van der Waals surface area contributed by atoms with Gasteiger partial charge in [-0.3, -0.25) is 9.89 Å². The molecule has 1 aromatic rings. The maximum Gasteiger partial charge on any atom is 0.191 e. The number of rotatable bonds is 6. The number of ether oxygens (including phenoxy) is 1. The lowest BCUT2D eigenvalue weighted by molar-refractivity contribution is -0.0174. The SMILES string of the molecule is CN=C(NCC(C)N1CCOCC1C)NC(C)C(C)c1ccccc1.I. The fourth-order valence-electron chi connectivity index (χ4n) is 3.34. The van der Waals surface area contributed by atoms with E-state index in [9.17, 15) is 0 Å². The molecule has 0 radical (unpaired) electrons. The van der Waals surface area contributed by atoms with Crippen molar-refractivity contribution in [2.75, 3.05) is 33.4 Å². The van der Waals surface area contributed by atoms with E-state index in [0.717, 1.165) is 32.3 Å². The number of aliphatic imine (C=N–C) groups is 1. The number of halogens is 1. The largest absolute Gasteiger partial charge is 0.379 e. The van der Waals surface area contributed by atoms with Crippen LogP contribution in [-0.4, -0.2) is 62.3 Å². The van der Waals surface area contributed by atoms with Crippen molar-refractivity contribution in [2.24, 2.45) is 4.99 Å². The van der Waals surface area contributed by atoms with E-state index in [2.05, 4.69) is 78.6 Å². The number of nitrogens with zero attached hydrogens (tertiary/aromatic N) is 2. The monoisotopic (exact) mass is 474 g/mol. The Morgan fingerprint density at radius 2 is 1.96 bits per heavy atom. The highest BCUT2D eigenvalue weighted by Gasteiger charge is 2.24. The first-order valence-electron chi connectivity index (χ1n) is 9.38. The van der Waals surface area contributed by atoms with Crippen LogP contribution in [-0.2, 0) is 4.74 Å². The molecule has 6 heteroatoms. The molecule has 26 heavy (non-hydrogen) atoms. The van der Waals surface area contributed by atoms with Gasteiger partial charge in [-0.2, -0.15) is 0 Å². The Morgan fingerprint density at radius 3 is 2.58 bits per heavy atom. The minimum absolute atomic E-state index is 0. The van der Waals surface area contributed by atoms with Gasteiger partial charge >= 0.3 is 0 Å². The summed E-state index contributed by atoms with van der Waals surface area (Å²) in [5.41, 5.74) is 1.34. The molecule has 1 aliphatic heterocycles. The van der Waals surface area contributed by atoms with Crippen LogP contribution in [0, 0.1) is 0 Å². The molecule has 0 saturated carbocycles. The summed E-state index contributed by atoms with van der Waals surface area (Å²) in [7, 11) is 1.83. The minimum Gasteiger partial charge on any atom is -0.379 e. The second kappa shape index (κ2) is 11.8. The van der Waals surface area contributed by atoms with Crippen molar-refractivity contribution >= 4 is 29.9 Å². The molecule has 0 aliphatic carbocycles. The molecule has 4 atom stereocenters. The zero-order chi connectivity index (χ0) is 18.2. The van der Waals surface area contributed by atoms with Crippen LogP contribution in [0.3, 0.4) is 0 Å². The molecule has 2 rings (SSSR count). The Kier molecular flexibility index (Phi) is 10.5. The molecule has 0 bridgehead atoms. The first kappa shape index (κ1) is 23.2. The summed E-state index contributed by atoms with van der Waals surface area (Å²) in [6.07, 6.45) is 0. The molecule has 1 aliphatic rings. The van der Waals surface area contributed by atoms with Crippen LogP contribution in [0.1, 0.15) is 39.2 Å². The predicted molar refractivity (Wildman–Crippen MR) is 121 cm³/mol. The molecule has 1 aromatic carbocycles. The van der Waals surface area contributed by atoms with E-state index in [1.807, 2.05) is 7.05 Å². The molecule has 2 N–H and O–H groups in total. The fraction of sp³-hybridized carbons (Fsp3) is 0.650. The Bertz CT molecular complexity index is 540. The number of benzene rings is 1. The van der Waals surface area contributed by atoms with Gasteiger partial charge in [0.15, 0.2) is 5.96 Å². The summed E-state index contributed by atoms with van der Waals surface area (Å²) in [6.45, 7) is 12.5. The summed E-state index contributed by atoms with van der Waals surface area (Å²) in [4.78, 5) is 6.89. The molecule has 148 valence electrons. The standard InChI is InChI=1S/C20H34N4O.HI/c1-15(24-11-12-25-14-16(24)2)13-22-20(21-5)23-18(4)17(3)19-9-7-6-8-10-19;/h6-10,15-18H,11-14H2,1-5H3,(H2,21,22,23);1H. The molecular weight excluding hydrogens is 439 g/mol. The number of guanidine groups is 1. The van der Waals surface area contributed by atoms with Gasteiger partial charge in [0.2, 0.25) is 0 Å². The third-order valence-electron chi connectivity index (χ3n) is 5.21. The van der Waals surface area contributed by atoms with Crippen molar-refractivity contribution < 1.29 is 4.74 Å². The molecule has 0 aromatic heterocycles. The van der Waals surface area contributed by atoms with Gasteiger partial charge in [-0.15, -0.1) is 24.0 Å². The maximum atomic E-state index is 5.53. The highest BCUT2D eigenvalue weighted by atomic mass is 127. The van der Waals surface area contributed by atoms with E-state index in [1.54, 1.807) is 0 Å². The lowest BCUT2D eigenvalue weighted by Gasteiger charge is -2.38. The van der Waals surface area contributed by atoms with E-state index in [0.29, 0.717) is 24.0 Å². The molecule has 1 fully saturated rings. The molecular formula is C20H35IN4O. The van der Waals surface area contributed by atoms with Crippen molar-refractivity contribution in [3.8, 4) is 0 Å². The van der Waals surface area contributed by atoms with Gasteiger partial charge in [-0.25, -0.2) is 0 Å². The maximum absolute atomic E-state index is 5.53. The fourth-order valence-corrected chi connectivity index (χ4v) is 3.34. The zero-order valence-corrected chi connectivity index (χ0v) is 19.1. The first-order chi connectivity index (χ1) is 12.0. The predicted octanol–water partition coefficient (Wildman–Crippen LogP) is 3.07. The summed E-state index contributed by atoms with van der Waals surface area (Å²) in [5.74, 6) is 1.28. The quantitative estimate of drug-likeness (QED) is 0.378. The average molecular weight is 474 g/mol. The van der Waals surface area contributed by atoms with Gasteiger partial charge in [0.05, 0.1) is 13.2 Å². The third-order valence-corrected chi connectivity index (χ3v) is 5.21. The Balaban J connectivity index is 0.00000338. The third kappa shape index (κ3) is 6.70. The number of hydrogen-bond acceptors (Lipinski definition) is 3. The summed E-state index contributed by atoms with van der Waals surface area (Å²) >= 11 is 0. The Hall–Kier alpha value is -0.860. The van der Waals surface area contributed by atoms with E-state index in [-0.39, 0.29) is 24.0 Å². The van der Waals surface area contributed by atoms with Crippen molar-refractivity contribution in [3.63, 3.8) is 0 Å². The molecule has 5 nitrogen and oxygen atoms in total. The van der Waals surface area contributed by atoms with Gasteiger partial charge in [0.1, 0.15) is 0 Å². The van der Waals surface area contributed by atoms with E-state index < -0.39 is 0 Å². The first-order valence-corrected chi connectivity index (χ1v) is 9.38. The van der Waals surface area contributed by atoms with E-state index in [4.69, 9.17) is 4.74 Å². The van der Waals surface area contributed by atoms with Crippen LogP contribution in [0.25, 0.3) is 0 Å². The zero-order valence-electron chi connectivity index (χ0n) is 16.7. The Labute approximate surface area is 176 Å². The van der Waals surface area contributed by atoms with E-state index in [1.165, 1.54) is 5.56 Å². The highest BCUT2D eigenvalue weighted by molar-refractivity contribution is 14.0. The van der Waals surface area contributed by atoms with Crippen molar-refractivity contribution in [3.05, 3.63) is 35.9 Å². The van der Waals surface area contributed by atoms with Crippen LogP contribution in [0.5, 0.6) is 0 Å². The van der Waals surface area contributed by atoms with Gasteiger partial charge in [-0.05, 0) is 26.3 Å². The van der Waals surface area contributed by atoms with Crippen LogP contribution in [0.15, 0.2) is 35.3 Å². The summed E-state index contributed by atoms with van der Waals surface area (Å²) in [5, 5.41) is 7.01. The smallest absolute Gasteiger partial charge is 0.191 e. The Morgan fingerprint density at radius 1 is 1.27 bits per heavy atom. The van der Waals surface area contributed by atoms with E-state index >= 15 is 0 Å². The van der Waals surface area contributed by atoms with Gasteiger partial charge in [-0.1, -0.05) is 37.3 Å². The minimum atomic E-state index is 0. The van der Waals surface area contributed by atoms with Crippen LogP contribution < -0.4 is 10.6 Å². The second-order valence-corrected chi connectivity index (χ2v) is 7.10. The summed E-state index contributed by atoms with van der Waals surface area (Å²) in [6, 6.07) is 11.8. The van der Waals surface area contributed by atoms with Crippen LogP contribution in [0.4, 0.5) is 0 Å². The van der Waals surface area contributed by atoms with Crippen LogP contribution in [0.2, 0.25) is 0 Å². The summed E-state index contributed by atoms with van der Waals surface area (Å²) < 4.78 is 5.53. The molecule has 1 heterocycles. The van der Waals surface area contributed by atoms with Crippen molar-refractivity contribution in [1.82, 2.24) is 15.5 Å². The topological polar surface area (TPSA) is 48.9 Å². The lowest BCUT2D eigenvalue weighted by Crippen LogP contribution is -2.53. The second-order valence-electron chi connectivity index (χ2n) is 7.10. The highest BCUT2D eigenvalue weighted by Crippen LogP contribution is 2.18. The van der Waals surface area contributed by atoms with Crippen LogP contribution >= 0.6 is 24.0 Å². The van der Waals surface area contributed by atoms with Gasteiger partial charge in [0.25, 0.3) is 0 Å². The molecule has 4 unspecified atom stereocenters. The van der Waals surface area contributed by atoms with Gasteiger partial charge < -0.3 is 15.4 Å².